The predicted octanol–water partition coefficient (Wildman–Crippen LogP) is 2.58. The Balaban J connectivity index is 1.31. The van der Waals surface area contributed by atoms with Crippen LogP contribution in [0.5, 0.6) is 0 Å². The SMILES string of the molecule is CN=C(NCCNC(=O)C1CCCCC1)NC1CCN(c2cccs2)CC1. The highest BCUT2D eigenvalue weighted by Gasteiger charge is 2.21. The monoisotopic (exact) mass is 391 g/mol. The number of nitrogens with zero attached hydrogens (tertiary/aromatic N) is 2. The largest absolute Gasteiger partial charge is 0.363 e. The summed E-state index contributed by atoms with van der Waals surface area (Å²) in [5, 5.41) is 13.4. The van der Waals surface area contributed by atoms with Crippen LogP contribution in [-0.4, -0.2) is 51.1 Å². The summed E-state index contributed by atoms with van der Waals surface area (Å²) in [6.07, 6.45) is 7.98. The quantitative estimate of drug-likeness (QED) is 0.396. The lowest BCUT2D eigenvalue weighted by atomic mass is 9.89. The molecule has 0 aromatic carbocycles. The zero-order valence-electron chi connectivity index (χ0n) is 16.4. The summed E-state index contributed by atoms with van der Waals surface area (Å²) in [6.45, 7) is 3.50. The summed E-state index contributed by atoms with van der Waals surface area (Å²) >= 11 is 1.81. The van der Waals surface area contributed by atoms with E-state index in [4.69, 9.17) is 0 Å². The first kappa shape index (κ1) is 20.0. The van der Waals surface area contributed by atoms with Crippen LogP contribution in [0.25, 0.3) is 0 Å². The van der Waals surface area contributed by atoms with Crippen molar-refractivity contribution < 1.29 is 4.79 Å². The minimum absolute atomic E-state index is 0.223. The minimum Gasteiger partial charge on any atom is -0.363 e. The molecule has 0 radical (unpaired) electrons. The number of hydrogen-bond donors (Lipinski definition) is 3. The van der Waals surface area contributed by atoms with Crippen molar-refractivity contribution >= 4 is 28.2 Å². The molecule has 1 saturated heterocycles. The number of anilines is 1. The summed E-state index contributed by atoms with van der Waals surface area (Å²) in [7, 11) is 1.80. The van der Waals surface area contributed by atoms with Gasteiger partial charge < -0.3 is 20.9 Å². The van der Waals surface area contributed by atoms with Gasteiger partial charge in [-0.2, -0.15) is 0 Å². The van der Waals surface area contributed by atoms with E-state index in [1.807, 2.05) is 11.3 Å². The van der Waals surface area contributed by atoms with Gasteiger partial charge in [-0.3, -0.25) is 9.79 Å². The van der Waals surface area contributed by atoms with Crippen molar-refractivity contribution in [2.45, 2.75) is 51.0 Å². The molecule has 0 bridgehead atoms. The van der Waals surface area contributed by atoms with Crippen LogP contribution in [0, 0.1) is 5.92 Å². The standard InChI is InChI=1S/C20H33N5OS/c1-21-20(23-12-11-22-19(26)16-6-3-2-4-7-16)24-17-9-13-25(14-10-17)18-8-5-15-27-18/h5,8,15-17H,2-4,6-7,9-14H2,1H3,(H,22,26)(H2,21,23,24). The van der Waals surface area contributed by atoms with Crippen LogP contribution in [0.15, 0.2) is 22.5 Å². The molecule has 0 unspecified atom stereocenters. The zero-order valence-corrected chi connectivity index (χ0v) is 17.2. The third kappa shape index (κ3) is 6.13. The highest BCUT2D eigenvalue weighted by atomic mass is 32.1. The molecule has 1 aliphatic heterocycles. The summed E-state index contributed by atoms with van der Waals surface area (Å²) < 4.78 is 0. The van der Waals surface area contributed by atoms with Crippen LogP contribution in [0.3, 0.4) is 0 Å². The molecular formula is C20H33N5OS. The first-order valence-corrected chi connectivity index (χ1v) is 11.2. The molecule has 1 saturated carbocycles. The van der Waals surface area contributed by atoms with Gasteiger partial charge in [0.05, 0.1) is 5.00 Å². The topological polar surface area (TPSA) is 68.8 Å². The highest BCUT2D eigenvalue weighted by Crippen LogP contribution is 2.25. The molecule has 7 heteroatoms. The first-order valence-electron chi connectivity index (χ1n) is 10.3. The van der Waals surface area contributed by atoms with E-state index in [0.29, 0.717) is 19.1 Å². The molecule has 0 spiro atoms. The number of nitrogens with one attached hydrogen (secondary N) is 3. The van der Waals surface area contributed by atoms with Crippen molar-refractivity contribution in [1.29, 1.82) is 0 Å². The molecule has 0 atom stereocenters. The van der Waals surface area contributed by atoms with Crippen LogP contribution in [0.1, 0.15) is 44.9 Å². The smallest absolute Gasteiger partial charge is 0.223 e. The van der Waals surface area contributed by atoms with Crippen molar-refractivity contribution in [2.75, 3.05) is 38.1 Å². The molecule has 2 fully saturated rings. The van der Waals surface area contributed by atoms with Crippen molar-refractivity contribution in [3.05, 3.63) is 17.5 Å². The van der Waals surface area contributed by atoms with Gasteiger partial charge in [0.2, 0.25) is 5.91 Å². The second-order valence-corrected chi connectivity index (χ2v) is 8.41. The van der Waals surface area contributed by atoms with E-state index in [-0.39, 0.29) is 11.8 Å². The number of hydrogen-bond acceptors (Lipinski definition) is 4. The van der Waals surface area contributed by atoms with Gasteiger partial charge in [-0.25, -0.2) is 0 Å². The number of amides is 1. The molecule has 3 rings (SSSR count). The Bertz CT molecular complexity index is 590. The van der Waals surface area contributed by atoms with E-state index in [9.17, 15) is 4.79 Å². The van der Waals surface area contributed by atoms with Crippen molar-refractivity contribution in [1.82, 2.24) is 16.0 Å². The average molecular weight is 392 g/mol. The summed E-state index contributed by atoms with van der Waals surface area (Å²) in [4.78, 5) is 19.0. The molecule has 27 heavy (non-hydrogen) atoms. The number of carbonyl (C=O) groups is 1. The van der Waals surface area contributed by atoms with E-state index in [1.54, 1.807) is 7.05 Å². The Morgan fingerprint density at radius 3 is 2.56 bits per heavy atom. The molecule has 150 valence electrons. The molecule has 3 N–H and O–H groups in total. The lowest BCUT2D eigenvalue weighted by molar-refractivity contribution is -0.125. The summed E-state index contributed by atoms with van der Waals surface area (Å²) in [5.41, 5.74) is 0. The number of aliphatic imine (C=N–C) groups is 1. The van der Waals surface area contributed by atoms with Crippen LogP contribution in [0.2, 0.25) is 0 Å². The fourth-order valence-electron chi connectivity index (χ4n) is 3.96. The minimum atomic E-state index is 0.223. The van der Waals surface area contributed by atoms with E-state index in [0.717, 1.165) is 44.7 Å². The number of piperidine rings is 1. The Morgan fingerprint density at radius 1 is 1.15 bits per heavy atom. The maximum absolute atomic E-state index is 12.2. The summed E-state index contributed by atoms with van der Waals surface area (Å²) in [6, 6.07) is 4.76. The normalized spacial score (nSPS) is 19.7. The van der Waals surface area contributed by atoms with Gasteiger partial charge in [0, 0.05) is 45.2 Å². The zero-order chi connectivity index (χ0) is 18.9. The lowest BCUT2D eigenvalue weighted by Crippen LogP contribution is -2.49. The van der Waals surface area contributed by atoms with Crippen molar-refractivity contribution in [3.63, 3.8) is 0 Å². The van der Waals surface area contributed by atoms with E-state index in [2.05, 4.69) is 43.4 Å². The van der Waals surface area contributed by atoms with Crippen molar-refractivity contribution in [3.8, 4) is 0 Å². The molecule has 1 aromatic heterocycles. The second-order valence-electron chi connectivity index (χ2n) is 7.48. The molecule has 2 aliphatic rings. The molecule has 1 aromatic rings. The van der Waals surface area contributed by atoms with Gasteiger partial charge in [-0.05, 0) is 43.2 Å². The fourth-order valence-corrected chi connectivity index (χ4v) is 4.74. The lowest BCUT2D eigenvalue weighted by Gasteiger charge is -2.33. The molecule has 1 aliphatic carbocycles. The molecule has 2 heterocycles. The maximum atomic E-state index is 12.2. The van der Waals surface area contributed by atoms with Gasteiger partial charge in [0.15, 0.2) is 5.96 Å². The fraction of sp³-hybridized carbons (Fsp3) is 0.700. The van der Waals surface area contributed by atoms with Crippen LogP contribution in [-0.2, 0) is 4.79 Å². The van der Waals surface area contributed by atoms with E-state index >= 15 is 0 Å². The molecular weight excluding hydrogens is 358 g/mol. The maximum Gasteiger partial charge on any atom is 0.223 e. The van der Waals surface area contributed by atoms with E-state index < -0.39 is 0 Å². The van der Waals surface area contributed by atoms with Crippen molar-refractivity contribution in [2.24, 2.45) is 10.9 Å². The third-order valence-electron chi connectivity index (χ3n) is 5.57. The number of rotatable bonds is 6. The predicted molar refractivity (Wildman–Crippen MR) is 114 cm³/mol. The Morgan fingerprint density at radius 2 is 1.89 bits per heavy atom. The first-order chi connectivity index (χ1) is 13.3. The molecule has 1 amide bonds. The van der Waals surface area contributed by atoms with Crippen LogP contribution < -0.4 is 20.9 Å². The van der Waals surface area contributed by atoms with Gasteiger partial charge in [-0.1, -0.05) is 19.3 Å². The average Bonchev–Trinajstić information content (AvgIpc) is 3.26. The third-order valence-corrected chi connectivity index (χ3v) is 6.50. The van der Waals surface area contributed by atoms with Gasteiger partial charge in [-0.15, -0.1) is 11.3 Å². The second kappa shape index (κ2) is 10.5. The number of carbonyl (C=O) groups excluding carboxylic acids is 1. The summed E-state index contributed by atoms with van der Waals surface area (Å²) in [5.74, 6) is 1.28. The van der Waals surface area contributed by atoms with Crippen LogP contribution >= 0.6 is 11.3 Å². The Kier molecular flexibility index (Phi) is 7.80. The number of guanidine groups is 1. The van der Waals surface area contributed by atoms with Gasteiger partial charge in [0.25, 0.3) is 0 Å². The van der Waals surface area contributed by atoms with Crippen LogP contribution in [0.4, 0.5) is 5.00 Å². The Labute approximate surface area is 166 Å². The molecule has 6 nitrogen and oxygen atoms in total. The Hall–Kier alpha value is -1.76. The van der Waals surface area contributed by atoms with E-state index in [1.165, 1.54) is 24.3 Å². The highest BCUT2D eigenvalue weighted by molar-refractivity contribution is 7.14. The number of thiophene rings is 1. The van der Waals surface area contributed by atoms with Gasteiger partial charge >= 0.3 is 0 Å². The van der Waals surface area contributed by atoms with Gasteiger partial charge in [0.1, 0.15) is 0 Å².